The van der Waals surface area contributed by atoms with Crippen LogP contribution >= 0.6 is 11.8 Å². The van der Waals surface area contributed by atoms with Crippen LogP contribution in [0.1, 0.15) is 17.9 Å². The molecule has 0 amide bonds. The smallest absolute Gasteiger partial charge is 0.318 e. The van der Waals surface area contributed by atoms with Gasteiger partial charge in [-0.1, -0.05) is 30.3 Å². The van der Waals surface area contributed by atoms with Gasteiger partial charge in [0.15, 0.2) is 0 Å². The molecule has 0 aromatic heterocycles. The molecule has 110 valence electrons. The molecule has 2 atom stereocenters. The first-order valence-electron chi connectivity index (χ1n) is 6.96. The highest BCUT2D eigenvalue weighted by molar-refractivity contribution is 8.01. The van der Waals surface area contributed by atoms with Crippen LogP contribution in [0.4, 0.5) is 0 Å². The number of rotatable bonds is 4. The van der Waals surface area contributed by atoms with Crippen molar-refractivity contribution in [2.75, 3.05) is 13.2 Å². The zero-order valence-corrected chi connectivity index (χ0v) is 12.5. The Morgan fingerprint density at radius 2 is 2.19 bits per heavy atom. The Morgan fingerprint density at radius 3 is 2.90 bits per heavy atom. The normalized spacial score (nSPS) is 21.6. The minimum Gasteiger partial charge on any atom is -0.493 e. The molecule has 0 unspecified atom stereocenters. The lowest BCUT2D eigenvalue weighted by Gasteiger charge is -2.18. The van der Waals surface area contributed by atoms with E-state index in [0.29, 0.717) is 13.2 Å². The van der Waals surface area contributed by atoms with E-state index in [-0.39, 0.29) is 5.37 Å². The molecule has 1 aliphatic heterocycles. The molecule has 2 N–H and O–H groups in total. The van der Waals surface area contributed by atoms with Gasteiger partial charge in [-0.05, 0) is 23.8 Å². The van der Waals surface area contributed by atoms with Crippen LogP contribution in [0.15, 0.2) is 36.4 Å². The monoisotopic (exact) mass is 303 g/mol. The van der Waals surface area contributed by atoms with Gasteiger partial charge >= 0.3 is 5.97 Å². The van der Waals surface area contributed by atoms with Gasteiger partial charge in [0.2, 0.25) is 0 Å². The number of ether oxygens (including phenoxy) is 1. The molecule has 21 heavy (non-hydrogen) atoms. The highest BCUT2D eigenvalue weighted by Crippen LogP contribution is 2.42. The quantitative estimate of drug-likeness (QED) is 0.909. The number of carbonyl (C=O) groups is 1. The highest BCUT2D eigenvalue weighted by Gasteiger charge is 2.33. The van der Waals surface area contributed by atoms with E-state index in [1.165, 1.54) is 11.8 Å². The van der Waals surface area contributed by atoms with Gasteiger partial charge in [-0.15, -0.1) is 11.8 Å². The van der Waals surface area contributed by atoms with Crippen LogP contribution in [0.3, 0.4) is 0 Å². The molecule has 0 saturated carbocycles. The zero-order valence-electron chi connectivity index (χ0n) is 11.7. The first-order valence-corrected chi connectivity index (χ1v) is 7.91. The molecule has 1 aliphatic rings. The van der Waals surface area contributed by atoms with Crippen molar-refractivity contribution in [3.63, 3.8) is 0 Å². The van der Waals surface area contributed by atoms with Crippen LogP contribution in [0.2, 0.25) is 0 Å². The van der Waals surface area contributed by atoms with Gasteiger partial charge in [-0.25, -0.2) is 0 Å². The lowest BCUT2D eigenvalue weighted by molar-refractivity contribution is -0.136. The highest BCUT2D eigenvalue weighted by atomic mass is 32.2. The second kappa shape index (κ2) is 5.95. The maximum absolute atomic E-state index is 11.2. The Balaban J connectivity index is 2.06. The zero-order chi connectivity index (χ0) is 14.8. The predicted molar refractivity (Wildman–Crippen MR) is 84.9 cm³/mol. The lowest BCUT2D eigenvalue weighted by Crippen LogP contribution is -2.21. The van der Waals surface area contributed by atoms with E-state index in [0.717, 1.165) is 22.1 Å². The van der Waals surface area contributed by atoms with Crippen molar-refractivity contribution in [3.05, 3.63) is 42.0 Å². The number of fused-ring (bicyclic) bond motifs is 1. The largest absolute Gasteiger partial charge is 0.493 e. The lowest BCUT2D eigenvalue weighted by atomic mass is 10.0. The van der Waals surface area contributed by atoms with Crippen molar-refractivity contribution < 1.29 is 14.6 Å². The summed E-state index contributed by atoms with van der Waals surface area (Å²) in [7, 11) is 0. The van der Waals surface area contributed by atoms with Crippen LogP contribution in [-0.2, 0) is 4.79 Å². The van der Waals surface area contributed by atoms with Gasteiger partial charge in [-0.2, -0.15) is 0 Å². The molecule has 0 radical (unpaired) electrons. The molecule has 0 bridgehead atoms. The minimum atomic E-state index is -0.770. The topological polar surface area (TPSA) is 58.6 Å². The summed E-state index contributed by atoms with van der Waals surface area (Å²) in [6.07, 6.45) is 0. The SMILES string of the molecule is CCOc1ccc2ccccc2c1[C@@H]1NC[C@H](C(=O)O)S1. The summed E-state index contributed by atoms with van der Waals surface area (Å²) in [5.74, 6) is 0.0560. The van der Waals surface area contributed by atoms with Crippen LogP contribution in [0.5, 0.6) is 5.75 Å². The van der Waals surface area contributed by atoms with E-state index in [2.05, 4.69) is 17.4 Å². The summed E-state index contributed by atoms with van der Waals surface area (Å²) in [4.78, 5) is 11.2. The Labute approximate surface area is 127 Å². The molecular formula is C16H17NO3S. The molecule has 0 aliphatic carbocycles. The number of benzene rings is 2. The van der Waals surface area contributed by atoms with Crippen LogP contribution in [-0.4, -0.2) is 29.5 Å². The van der Waals surface area contributed by atoms with E-state index < -0.39 is 11.2 Å². The fourth-order valence-corrected chi connectivity index (χ4v) is 3.83. The maximum Gasteiger partial charge on any atom is 0.318 e. The van der Waals surface area contributed by atoms with Crippen molar-refractivity contribution in [2.45, 2.75) is 17.5 Å². The summed E-state index contributed by atoms with van der Waals surface area (Å²) in [6, 6.07) is 12.1. The van der Waals surface area contributed by atoms with Crippen LogP contribution in [0.25, 0.3) is 10.8 Å². The number of thioether (sulfide) groups is 1. The second-order valence-corrected chi connectivity index (χ2v) is 6.20. The van der Waals surface area contributed by atoms with E-state index in [9.17, 15) is 9.90 Å². The number of hydrogen-bond acceptors (Lipinski definition) is 4. The van der Waals surface area contributed by atoms with E-state index >= 15 is 0 Å². The number of hydrogen-bond donors (Lipinski definition) is 2. The molecule has 5 heteroatoms. The first kappa shape index (κ1) is 14.2. The Morgan fingerprint density at radius 1 is 1.38 bits per heavy atom. The average molecular weight is 303 g/mol. The van der Waals surface area contributed by atoms with Crippen molar-refractivity contribution in [1.82, 2.24) is 5.32 Å². The molecular weight excluding hydrogens is 286 g/mol. The second-order valence-electron chi connectivity index (χ2n) is 4.88. The first-order chi connectivity index (χ1) is 10.2. The molecule has 1 saturated heterocycles. The van der Waals surface area contributed by atoms with Crippen LogP contribution < -0.4 is 10.1 Å². The summed E-state index contributed by atoms with van der Waals surface area (Å²) < 4.78 is 5.75. The third kappa shape index (κ3) is 2.71. The van der Waals surface area contributed by atoms with E-state index in [1.807, 2.05) is 31.2 Å². The van der Waals surface area contributed by atoms with E-state index in [1.54, 1.807) is 0 Å². The summed E-state index contributed by atoms with van der Waals surface area (Å²) in [5.41, 5.74) is 1.05. The Kier molecular flexibility index (Phi) is 4.03. The fourth-order valence-electron chi connectivity index (χ4n) is 2.62. The van der Waals surface area contributed by atoms with Gasteiger partial charge < -0.3 is 9.84 Å². The molecule has 1 heterocycles. The van der Waals surface area contributed by atoms with Crippen LogP contribution in [0, 0.1) is 0 Å². The third-order valence-electron chi connectivity index (χ3n) is 3.56. The number of carboxylic acid groups (broad SMARTS) is 1. The molecule has 2 aromatic rings. The summed E-state index contributed by atoms with van der Waals surface area (Å²) in [5, 5.41) is 14.2. The summed E-state index contributed by atoms with van der Waals surface area (Å²) >= 11 is 1.44. The van der Waals surface area contributed by atoms with Gasteiger partial charge in [0.25, 0.3) is 0 Å². The molecule has 2 aromatic carbocycles. The Hall–Kier alpha value is -1.72. The maximum atomic E-state index is 11.2. The van der Waals surface area contributed by atoms with E-state index in [4.69, 9.17) is 4.74 Å². The predicted octanol–water partition coefficient (Wildman–Crippen LogP) is 3.03. The molecule has 0 spiro atoms. The average Bonchev–Trinajstić information content (AvgIpc) is 2.97. The molecule has 1 fully saturated rings. The number of carboxylic acids is 1. The van der Waals surface area contributed by atoms with Gasteiger partial charge in [0.05, 0.1) is 12.0 Å². The van der Waals surface area contributed by atoms with Crippen molar-refractivity contribution in [3.8, 4) is 5.75 Å². The minimum absolute atomic E-state index is 0.0567. The Bertz CT molecular complexity index is 674. The molecule has 4 nitrogen and oxygen atoms in total. The van der Waals surface area contributed by atoms with Gasteiger partial charge in [0, 0.05) is 12.1 Å². The number of aliphatic carboxylic acids is 1. The van der Waals surface area contributed by atoms with Crippen molar-refractivity contribution in [2.24, 2.45) is 0 Å². The number of nitrogens with one attached hydrogen (secondary N) is 1. The fraction of sp³-hybridized carbons (Fsp3) is 0.312. The van der Waals surface area contributed by atoms with Crippen molar-refractivity contribution >= 4 is 28.5 Å². The van der Waals surface area contributed by atoms with Crippen molar-refractivity contribution in [1.29, 1.82) is 0 Å². The van der Waals surface area contributed by atoms with Gasteiger partial charge in [-0.3, -0.25) is 10.1 Å². The van der Waals surface area contributed by atoms with Gasteiger partial charge in [0.1, 0.15) is 11.0 Å². The summed E-state index contributed by atoms with van der Waals surface area (Å²) in [6.45, 7) is 3.01. The standard InChI is InChI=1S/C16H17NO3S/c1-2-20-12-8-7-10-5-3-4-6-11(10)14(12)15-17-9-13(21-15)16(18)19/h3-8,13,15,17H,2,9H2,1H3,(H,18,19)/t13-,15-/m1/s1. The third-order valence-corrected chi connectivity index (χ3v) is 4.93. The molecule has 3 rings (SSSR count).